The first-order chi connectivity index (χ1) is 12.4. The SMILES string of the molecule is CCOc1ccc(S(=O)(=O)NC[C@@H](OC)c2cccc(OC)c2)cc1F. The molecule has 0 aliphatic rings. The van der Waals surface area contributed by atoms with Crippen LogP contribution in [0, 0.1) is 5.82 Å². The van der Waals surface area contributed by atoms with Gasteiger partial charge in [0, 0.05) is 13.7 Å². The lowest BCUT2D eigenvalue weighted by molar-refractivity contribution is 0.107. The zero-order valence-electron chi connectivity index (χ0n) is 14.9. The molecule has 0 radical (unpaired) electrons. The second-order valence-corrected chi connectivity index (χ2v) is 7.15. The molecule has 2 aromatic carbocycles. The third-order valence-corrected chi connectivity index (χ3v) is 5.14. The van der Waals surface area contributed by atoms with Crippen molar-refractivity contribution in [1.29, 1.82) is 0 Å². The number of rotatable bonds is 9. The standard InChI is InChI=1S/C18H22FNO5S/c1-4-25-17-9-8-15(11-16(17)19)26(21,22)20-12-18(24-3)13-6-5-7-14(10-13)23-2/h5-11,18,20H,4,12H2,1-3H3/t18-/m1/s1. The summed E-state index contributed by atoms with van der Waals surface area (Å²) in [7, 11) is -0.873. The highest BCUT2D eigenvalue weighted by atomic mass is 32.2. The Labute approximate surface area is 152 Å². The first kappa shape index (κ1) is 20.2. The maximum atomic E-state index is 13.9. The van der Waals surface area contributed by atoms with Gasteiger partial charge in [0.15, 0.2) is 11.6 Å². The van der Waals surface area contributed by atoms with Gasteiger partial charge < -0.3 is 14.2 Å². The van der Waals surface area contributed by atoms with Crippen molar-refractivity contribution in [1.82, 2.24) is 4.72 Å². The molecule has 1 atom stereocenters. The number of benzene rings is 2. The van der Waals surface area contributed by atoms with Crippen molar-refractivity contribution in [3.05, 3.63) is 53.8 Å². The summed E-state index contributed by atoms with van der Waals surface area (Å²) < 4.78 is 56.8. The fraction of sp³-hybridized carbons (Fsp3) is 0.333. The third-order valence-electron chi connectivity index (χ3n) is 3.72. The average molecular weight is 383 g/mol. The van der Waals surface area contributed by atoms with Crippen LogP contribution in [-0.2, 0) is 14.8 Å². The van der Waals surface area contributed by atoms with E-state index in [2.05, 4.69) is 4.72 Å². The molecule has 0 bridgehead atoms. The van der Waals surface area contributed by atoms with E-state index in [1.807, 2.05) is 6.07 Å². The topological polar surface area (TPSA) is 73.9 Å². The second-order valence-electron chi connectivity index (χ2n) is 5.38. The van der Waals surface area contributed by atoms with Crippen LogP contribution in [0.1, 0.15) is 18.6 Å². The predicted octanol–water partition coefficient (Wildman–Crippen LogP) is 2.90. The van der Waals surface area contributed by atoms with Crippen LogP contribution >= 0.6 is 0 Å². The lowest BCUT2D eigenvalue weighted by Gasteiger charge is -2.17. The third kappa shape index (κ3) is 4.94. The van der Waals surface area contributed by atoms with Crippen molar-refractivity contribution in [2.24, 2.45) is 0 Å². The fourth-order valence-electron chi connectivity index (χ4n) is 2.37. The molecule has 0 spiro atoms. The zero-order chi connectivity index (χ0) is 19.2. The maximum Gasteiger partial charge on any atom is 0.240 e. The Morgan fingerprint density at radius 1 is 1.15 bits per heavy atom. The molecule has 0 aromatic heterocycles. The quantitative estimate of drug-likeness (QED) is 0.721. The number of halogens is 1. The minimum absolute atomic E-state index is 0.0117. The lowest BCUT2D eigenvalue weighted by atomic mass is 10.1. The highest BCUT2D eigenvalue weighted by Crippen LogP contribution is 2.23. The van der Waals surface area contributed by atoms with Crippen LogP contribution in [0.15, 0.2) is 47.4 Å². The van der Waals surface area contributed by atoms with E-state index >= 15 is 0 Å². The molecular formula is C18H22FNO5S. The van der Waals surface area contributed by atoms with Crippen LogP contribution in [-0.4, -0.2) is 35.8 Å². The van der Waals surface area contributed by atoms with Gasteiger partial charge in [-0.15, -0.1) is 0 Å². The molecule has 0 saturated carbocycles. The lowest BCUT2D eigenvalue weighted by Crippen LogP contribution is -2.29. The van der Waals surface area contributed by atoms with Crippen LogP contribution in [0.4, 0.5) is 4.39 Å². The van der Waals surface area contributed by atoms with Gasteiger partial charge >= 0.3 is 0 Å². The van der Waals surface area contributed by atoms with Crippen LogP contribution in [0.25, 0.3) is 0 Å². The Kier molecular flexibility index (Phi) is 6.96. The Balaban J connectivity index is 2.14. The molecule has 0 aliphatic heterocycles. The molecule has 6 nitrogen and oxygen atoms in total. The van der Waals surface area contributed by atoms with Crippen molar-refractivity contribution in [3.8, 4) is 11.5 Å². The largest absolute Gasteiger partial charge is 0.497 e. The van der Waals surface area contributed by atoms with Gasteiger partial charge in [0.1, 0.15) is 5.75 Å². The van der Waals surface area contributed by atoms with E-state index in [4.69, 9.17) is 14.2 Å². The summed E-state index contributed by atoms with van der Waals surface area (Å²) in [5.41, 5.74) is 0.757. The van der Waals surface area contributed by atoms with E-state index < -0.39 is 21.9 Å². The Bertz CT molecular complexity index is 841. The van der Waals surface area contributed by atoms with Gasteiger partial charge in [0.05, 0.1) is 24.7 Å². The van der Waals surface area contributed by atoms with Gasteiger partial charge in [-0.05, 0) is 42.8 Å². The molecule has 0 unspecified atom stereocenters. The molecule has 0 fully saturated rings. The maximum absolute atomic E-state index is 13.9. The van der Waals surface area contributed by atoms with E-state index in [0.717, 1.165) is 11.6 Å². The summed E-state index contributed by atoms with van der Waals surface area (Å²) in [6.07, 6.45) is -0.521. The summed E-state index contributed by atoms with van der Waals surface area (Å²) in [5.74, 6) is -0.0793. The normalized spacial score (nSPS) is 12.6. The first-order valence-electron chi connectivity index (χ1n) is 8.00. The van der Waals surface area contributed by atoms with E-state index in [1.165, 1.54) is 19.2 Å². The predicted molar refractivity (Wildman–Crippen MR) is 95.5 cm³/mol. The summed E-state index contributed by atoms with van der Waals surface area (Å²) >= 11 is 0. The molecule has 0 saturated heterocycles. The molecule has 2 aromatic rings. The molecule has 8 heteroatoms. The zero-order valence-corrected chi connectivity index (χ0v) is 15.7. The molecule has 26 heavy (non-hydrogen) atoms. The van der Waals surface area contributed by atoms with Crippen LogP contribution in [0.5, 0.6) is 11.5 Å². The Hall–Kier alpha value is -2.16. The van der Waals surface area contributed by atoms with Gasteiger partial charge in [-0.3, -0.25) is 0 Å². The van der Waals surface area contributed by atoms with Crippen molar-refractivity contribution < 1.29 is 27.0 Å². The summed E-state index contributed by atoms with van der Waals surface area (Å²) in [6.45, 7) is 1.99. The average Bonchev–Trinajstić information content (AvgIpc) is 2.64. The minimum Gasteiger partial charge on any atom is -0.497 e. The van der Waals surface area contributed by atoms with E-state index in [-0.39, 0.29) is 23.8 Å². The van der Waals surface area contributed by atoms with E-state index in [9.17, 15) is 12.8 Å². The molecule has 0 amide bonds. The fourth-order valence-corrected chi connectivity index (χ4v) is 3.41. The van der Waals surface area contributed by atoms with Crippen molar-refractivity contribution in [3.63, 3.8) is 0 Å². The number of sulfonamides is 1. The van der Waals surface area contributed by atoms with E-state index in [1.54, 1.807) is 32.2 Å². The molecule has 0 heterocycles. The Morgan fingerprint density at radius 3 is 2.54 bits per heavy atom. The highest BCUT2D eigenvalue weighted by Gasteiger charge is 2.20. The van der Waals surface area contributed by atoms with Crippen molar-refractivity contribution >= 4 is 10.0 Å². The number of hydrogen-bond acceptors (Lipinski definition) is 5. The van der Waals surface area contributed by atoms with Crippen LogP contribution in [0.3, 0.4) is 0 Å². The van der Waals surface area contributed by atoms with Crippen LogP contribution < -0.4 is 14.2 Å². The summed E-state index contributed by atoms with van der Waals surface area (Å²) in [6, 6.07) is 10.7. The molecule has 0 aliphatic carbocycles. The number of ether oxygens (including phenoxy) is 3. The first-order valence-corrected chi connectivity index (χ1v) is 9.48. The minimum atomic E-state index is -3.90. The van der Waals surface area contributed by atoms with Gasteiger partial charge in [-0.1, -0.05) is 12.1 Å². The molecule has 1 N–H and O–H groups in total. The van der Waals surface area contributed by atoms with Gasteiger partial charge in [-0.25, -0.2) is 17.5 Å². The van der Waals surface area contributed by atoms with Gasteiger partial charge in [0.25, 0.3) is 0 Å². The number of nitrogens with one attached hydrogen (secondary N) is 1. The van der Waals surface area contributed by atoms with Gasteiger partial charge in [-0.2, -0.15) is 0 Å². The van der Waals surface area contributed by atoms with Crippen molar-refractivity contribution in [2.45, 2.75) is 17.9 Å². The van der Waals surface area contributed by atoms with Crippen molar-refractivity contribution in [2.75, 3.05) is 27.4 Å². The smallest absolute Gasteiger partial charge is 0.240 e. The highest BCUT2D eigenvalue weighted by molar-refractivity contribution is 7.89. The van der Waals surface area contributed by atoms with E-state index in [0.29, 0.717) is 5.75 Å². The summed E-state index contributed by atoms with van der Waals surface area (Å²) in [4.78, 5) is -0.182. The Morgan fingerprint density at radius 2 is 1.92 bits per heavy atom. The van der Waals surface area contributed by atoms with Crippen LogP contribution in [0.2, 0.25) is 0 Å². The molecule has 2 rings (SSSR count). The number of methoxy groups -OCH3 is 2. The summed E-state index contributed by atoms with van der Waals surface area (Å²) in [5, 5.41) is 0. The molecular weight excluding hydrogens is 361 g/mol. The monoisotopic (exact) mass is 383 g/mol. The molecule has 142 valence electrons. The second kappa shape index (κ2) is 8.98. The number of hydrogen-bond donors (Lipinski definition) is 1. The van der Waals surface area contributed by atoms with Gasteiger partial charge in [0.2, 0.25) is 10.0 Å².